The smallest absolute Gasteiger partial charge is 0.277 e. The maximum Gasteiger partial charge on any atom is 0.277 e. The fraction of sp³-hybridized carbons (Fsp3) is 0.348. The molecular weight excluding hydrogens is 398 g/mol. The van der Waals surface area contributed by atoms with Crippen LogP contribution in [-0.2, 0) is 14.3 Å². The van der Waals surface area contributed by atoms with Crippen LogP contribution in [0, 0.1) is 6.92 Å². The monoisotopic (exact) mass is 425 g/mol. The van der Waals surface area contributed by atoms with Crippen molar-refractivity contribution in [3.63, 3.8) is 0 Å². The normalized spacial score (nSPS) is 15.6. The van der Waals surface area contributed by atoms with Crippen LogP contribution in [0.1, 0.15) is 24.0 Å². The molecule has 1 aliphatic heterocycles. The fourth-order valence-electron chi connectivity index (χ4n) is 2.96. The molecule has 164 valence electrons. The SMILES string of the molecule is Cc1ccccc1OCC(=O)N/N=C\c1ccc(OCC(=O)NC[C@@H]2CCCO2)cc1. The molecule has 0 unspecified atom stereocenters. The Balaban J connectivity index is 1.34. The Morgan fingerprint density at radius 2 is 1.87 bits per heavy atom. The molecule has 2 aromatic carbocycles. The molecule has 0 saturated carbocycles. The number of carbonyl (C=O) groups excluding carboxylic acids is 2. The molecule has 3 rings (SSSR count). The van der Waals surface area contributed by atoms with Crippen LogP contribution in [-0.4, -0.2) is 50.5 Å². The van der Waals surface area contributed by atoms with Crippen molar-refractivity contribution in [1.29, 1.82) is 0 Å². The minimum Gasteiger partial charge on any atom is -0.484 e. The maximum absolute atomic E-state index is 11.8. The van der Waals surface area contributed by atoms with Crippen LogP contribution in [0.25, 0.3) is 0 Å². The van der Waals surface area contributed by atoms with Gasteiger partial charge in [0, 0.05) is 13.2 Å². The summed E-state index contributed by atoms with van der Waals surface area (Å²) in [5.74, 6) is 0.697. The van der Waals surface area contributed by atoms with Crippen molar-refractivity contribution in [3.05, 3.63) is 59.7 Å². The zero-order valence-electron chi connectivity index (χ0n) is 17.5. The van der Waals surface area contributed by atoms with E-state index in [1.165, 1.54) is 6.21 Å². The number of hydrogen-bond donors (Lipinski definition) is 2. The number of hydrazone groups is 1. The van der Waals surface area contributed by atoms with E-state index in [2.05, 4.69) is 15.8 Å². The minimum absolute atomic E-state index is 0.0584. The van der Waals surface area contributed by atoms with Crippen LogP contribution in [0.4, 0.5) is 0 Å². The highest BCUT2D eigenvalue weighted by atomic mass is 16.5. The lowest BCUT2D eigenvalue weighted by atomic mass is 10.2. The van der Waals surface area contributed by atoms with Gasteiger partial charge in [-0.2, -0.15) is 5.10 Å². The quantitative estimate of drug-likeness (QED) is 0.449. The summed E-state index contributed by atoms with van der Waals surface area (Å²) in [5, 5.41) is 6.73. The molecule has 1 saturated heterocycles. The summed E-state index contributed by atoms with van der Waals surface area (Å²) in [6.45, 7) is 3.01. The van der Waals surface area contributed by atoms with E-state index in [4.69, 9.17) is 14.2 Å². The molecule has 0 bridgehead atoms. The van der Waals surface area contributed by atoms with Gasteiger partial charge in [-0.15, -0.1) is 0 Å². The molecule has 31 heavy (non-hydrogen) atoms. The van der Waals surface area contributed by atoms with Crippen LogP contribution in [0.2, 0.25) is 0 Å². The summed E-state index contributed by atoms with van der Waals surface area (Å²) >= 11 is 0. The van der Waals surface area contributed by atoms with Crippen molar-refractivity contribution in [2.75, 3.05) is 26.4 Å². The van der Waals surface area contributed by atoms with Crippen LogP contribution >= 0.6 is 0 Å². The van der Waals surface area contributed by atoms with Crippen molar-refractivity contribution in [2.45, 2.75) is 25.9 Å². The molecule has 2 amide bonds. The molecule has 0 aliphatic carbocycles. The molecule has 1 aliphatic rings. The van der Waals surface area contributed by atoms with E-state index in [9.17, 15) is 9.59 Å². The van der Waals surface area contributed by atoms with E-state index in [-0.39, 0.29) is 31.1 Å². The first-order valence-electron chi connectivity index (χ1n) is 10.2. The van der Waals surface area contributed by atoms with E-state index in [1.54, 1.807) is 24.3 Å². The summed E-state index contributed by atoms with van der Waals surface area (Å²) in [6, 6.07) is 14.5. The summed E-state index contributed by atoms with van der Waals surface area (Å²) < 4.78 is 16.4. The third-order valence-corrected chi connectivity index (χ3v) is 4.66. The summed E-state index contributed by atoms with van der Waals surface area (Å²) in [6.07, 6.45) is 3.64. The first-order valence-corrected chi connectivity index (χ1v) is 10.2. The third-order valence-electron chi connectivity index (χ3n) is 4.66. The lowest BCUT2D eigenvalue weighted by molar-refractivity contribution is -0.124. The van der Waals surface area contributed by atoms with Gasteiger partial charge in [-0.1, -0.05) is 18.2 Å². The largest absolute Gasteiger partial charge is 0.484 e. The number of nitrogens with zero attached hydrogens (tertiary/aromatic N) is 1. The number of amides is 2. The van der Waals surface area contributed by atoms with E-state index in [0.717, 1.165) is 30.6 Å². The highest BCUT2D eigenvalue weighted by Crippen LogP contribution is 2.15. The molecular formula is C23H27N3O5. The molecule has 2 aromatic rings. The van der Waals surface area contributed by atoms with Gasteiger partial charge in [-0.3, -0.25) is 9.59 Å². The second kappa shape index (κ2) is 11.7. The fourth-order valence-corrected chi connectivity index (χ4v) is 2.96. The second-order valence-corrected chi connectivity index (χ2v) is 7.14. The van der Waals surface area contributed by atoms with Gasteiger partial charge in [-0.05, 0) is 61.2 Å². The Labute approximate surface area is 181 Å². The average Bonchev–Trinajstić information content (AvgIpc) is 3.30. The molecule has 1 atom stereocenters. The first-order chi connectivity index (χ1) is 15.1. The number of ether oxygens (including phenoxy) is 3. The van der Waals surface area contributed by atoms with Gasteiger partial charge in [0.2, 0.25) is 0 Å². The average molecular weight is 425 g/mol. The molecule has 8 heteroatoms. The Bertz CT molecular complexity index is 892. The molecule has 2 N–H and O–H groups in total. The number of hydrogen-bond acceptors (Lipinski definition) is 6. The van der Waals surface area contributed by atoms with Gasteiger partial charge in [0.1, 0.15) is 11.5 Å². The molecule has 8 nitrogen and oxygen atoms in total. The van der Waals surface area contributed by atoms with Gasteiger partial charge in [0.15, 0.2) is 13.2 Å². The van der Waals surface area contributed by atoms with Crippen molar-refractivity contribution >= 4 is 18.0 Å². The van der Waals surface area contributed by atoms with E-state index < -0.39 is 0 Å². The second-order valence-electron chi connectivity index (χ2n) is 7.14. The minimum atomic E-state index is -0.353. The number of rotatable bonds is 10. The first kappa shape index (κ1) is 22.3. The Hall–Kier alpha value is -3.39. The van der Waals surface area contributed by atoms with Gasteiger partial charge >= 0.3 is 0 Å². The number of nitrogens with one attached hydrogen (secondary N) is 2. The zero-order chi connectivity index (χ0) is 21.9. The van der Waals surface area contributed by atoms with Crippen LogP contribution in [0.15, 0.2) is 53.6 Å². The standard InChI is InChI=1S/C23H27N3O5/c1-17-5-2-3-7-21(17)31-16-23(28)26-25-13-18-8-10-19(11-9-18)30-15-22(27)24-14-20-6-4-12-29-20/h2-3,5,7-11,13,20H,4,6,12,14-16H2,1H3,(H,24,27)(H,26,28)/b25-13-/t20-/m0/s1. The van der Waals surface area contributed by atoms with E-state index >= 15 is 0 Å². The Morgan fingerprint density at radius 1 is 1.10 bits per heavy atom. The van der Waals surface area contributed by atoms with Crippen LogP contribution in [0.3, 0.4) is 0 Å². The number of carbonyl (C=O) groups is 2. The van der Waals surface area contributed by atoms with E-state index in [0.29, 0.717) is 18.0 Å². The highest BCUT2D eigenvalue weighted by Gasteiger charge is 2.16. The Morgan fingerprint density at radius 3 is 2.61 bits per heavy atom. The predicted molar refractivity (Wildman–Crippen MR) is 116 cm³/mol. The van der Waals surface area contributed by atoms with E-state index in [1.807, 2.05) is 31.2 Å². The summed E-state index contributed by atoms with van der Waals surface area (Å²) in [7, 11) is 0. The van der Waals surface area contributed by atoms with Gasteiger partial charge in [0.25, 0.3) is 11.8 Å². The lowest BCUT2D eigenvalue weighted by Crippen LogP contribution is -2.35. The lowest BCUT2D eigenvalue weighted by Gasteiger charge is -2.11. The maximum atomic E-state index is 11.8. The van der Waals surface area contributed by atoms with Gasteiger partial charge in [-0.25, -0.2) is 5.43 Å². The van der Waals surface area contributed by atoms with Crippen LogP contribution < -0.4 is 20.2 Å². The third kappa shape index (κ3) is 7.75. The predicted octanol–water partition coefficient (Wildman–Crippen LogP) is 2.20. The van der Waals surface area contributed by atoms with Crippen molar-refractivity contribution in [3.8, 4) is 11.5 Å². The summed E-state index contributed by atoms with van der Waals surface area (Å²) in [5.41, 5.74) is 4.16. The Kier molecular flexibility index (Phi) is 8.42. The zero-order valence-corrected chi connectivity index (χ0v) is 17.5. The number of aryl methyl sites for hydroxylation is 1. The molecule has 0 aromatic heterocycles. The molecule has 1 heterocycles. The van der Waals surface area contributed by atoms with Gasteiger partial charge < -0.3 is 19.5 Å². The highest BCUT2D eigenvalue weighted by molar-refractivity contribution is 5.83. The molecule has 1 fully saturated rings. The molecule has 0 radical (unpaired) electrons. The topological polar surface area (TPSA) is 98.3 Å². The van der Waals surface area contributed by atoms with Crippen molar-refractivity contribution in [2.24, 2.45) is 5.10 Å². The van der Waals surface area contributed by atoms with Crippen molar-refractivity contribution < 1.29 is 23.8 Å². The number of benzene rings is 2. The number of para-hydroxylation sites is 1. The van der Waals surface area contributed by atoms with Crippen LogP contribution in [0.5, 0.6) is 11.5 Å². The summed E-state index contributed by atoms with van der Waals surface area (Å²) in [4.78, 5) is 23.7. The van der Waals surface area contributed by atoms with Gasteiger partial charge in [0.05, 0.1) is 12.3 Å². The molecule has 0 spiro atoms. The van der Waals surface area contributed by atoms with Crippen molar-refractivity contribution in [1.82, 2.24) is 10.7 Å².